The van der Waals surface area contributed by atoms with Crippen molar-refractivity contribution >= 4 is 22.9 Å². The van der Waals surface area contributed by atoms with E-state index in [2.05, 4.69) is 4.98 Å². The number of aromatic amines is 1. The van der Waals surface area contributed by atoms with Crippen molar-refractivity contribution in [3.8, 4) is 11.3 Å². The van der Waals surface area contributed by atoms with Crippen LogP contribution in [0.1, 0.15) is 10.4 Å². The minimum absolute atomic E-state index is 0.0260. The zero-order valence-corrected chi connectivity index (χ0v) is 10.00. The number of aryl methyl sites for hydroxylation is 2. The van der Waals surface area contributed by atoms with Gasteiger partial charge in [-0.15, -0.1) is 0 Å². The molecule has 0 saturated heterocycles. The Morgan fingerprint density at radius 3 is 2.67 bits per heavy atom. The fourth-order valence-corrected chi connectivity index (χ4v) is 2.39. The fraction of sp³-hybridized carbons (Fsp3) is 0.182. The molecule has 1 aromatic heterocycles. The van der Waals surface area contributed by atoms with Gasteiger partial charge in [-0.1, -0.05) is 29.0 Å². The third-order valence-electron chi connectivity index (χ3n) is 2.29. The van der Waals surface area contributed by atoms with E-state index >= 15 is 0 Å². The molecule has 0 fully saturated rings. The lowest BCUT2D eigenvalue weighted by molar-refractivity contribution is 1.30. The summed E-state index contributed by atoms with van der Waals surface area (Å²) >= 11 is 7.16. The lowest BCUT2D eigenvalue weighted by Crippen LogP contribution is -1.93. The zero-order chi connectivity index (χ0) is 11.0. The normalized spacial score (nSPS) is 10.6. The molecule has 0 aliphatic carbocycles. The van der Waals surface area contributed by atoms with Crippen LogP contribution >= 0.6 is 22.9 Å². The summed E-state index contributed by atoms with van der Waals surface area (Å²) in [6.07, 6.45) is 0. The molecule has 1 N–H and O–H groups in total. The van der Waals surface area contributed by atoms with E-state index in [4.69, 9.17) is 11.6 Å². The first-order chi connectivity index (χ1) is 7.08. The van der Waals surface area contributed by atoms with Crippen LogP contribution in [-0.4, -0.2) is 4.98 Å². The first-order valence-corrected chi connectivity index (χ1v) is 5.73. The molecule has 0 amide bonds. The average Bonchev–Trinajstić information content (AvgIpc) is 2.50. The van der Waals surface area contributed by atoms with Gasteiger partial charge in [-0.25, -0.2) is 0 Å². The fourth-order valence-electron chi connectivity index (χ4n) is 1.53. The van der Waals surface area contributed by atoms with Gasteiger partial charge in [0.25, 0.3) is 0 Å². The van der Waals surface area contributed by atoms with E-state index < -0.39 is 0 Å². The maximum absolute atomic E-state index is 11.2. The Hall–Kier alpha value is -1.06. The molecule has 78 valence electrons. The van der Waals surface area contributed by atoms with Crippen molar-refractivity contribution in [3.05, 3.63) is 43.3 Å². The Labute approximate surface area is 96.5 Å². The van der Waals surface area contributed by atoms with E-state index in [9.17, 15) is 4.79 Å². The van der Waals surface area contributed by atoms with Crippen molar-refractivity contribution in [1.29, 1.82) is 0 Å². The van der Waals surface area contributed by atoms with Crippen LogP contribution in [0.2, 0.25) is 5.02 Å². The van der Waals surface area contributed by atoms with E-state index in [0.717, 1.165) is 21.7 Å². The van der Waals surface area contributed by atoms with Crippen molar-refractivity contribution in [1.82, 2.24) is 4.98 Å². The maximum Gasteiger partial charge on any atom is 0.305 e. The Morgan fingerprint density at radius 1 is 1.33 bits per heavy atom. The highest BCUT2D eigenvalue weighted by Crippen LogP contribution is 2.28. The summed E-state index contributed by atoms with van der Waals surface area (Å²) in [5.74, 6) is 0. The summed E-state index contributed by atoms with van der Waals surface area (Å²) in [7, 11) is 0. The molecule has 0 aliphatic rings. The molecule has 0 atom stereocenters. The number of rotatable bonds is 1. The third kappa shape index (κ3) is 1.98. The minimum atomic E-state index is -0.0260. The molecular formula is C11H10ClNOS. The average molecular weight is 240 g/mol. The predicted molar refractivity (Wildman–Crippen MR) is 64.9 cm³/mol. The summed E-state index contributed by atoms with van der Waals surface area (Å²) in [5, 5.41) is 0.682. The lowest BCUT2D eigenvalue weighted by Gasteiger charge is -2.04. The predicted octanol–water partition coefficient (Wildman–Crippen LogP) is 3.37. The summed E-state index contributed by atoms with van der Waals surface area (Å²) in [6.45, 7) is 3.93. The van der Waals surface area contributed by atoms with E-state index in [-0.39, 0.29) is 4.87 Å². The highest BCUT2D eigenvalue weighted by Gasteiger charge is 2.09. The third-order valence-corrected chi connectivity index (χ3v) is 3.33. The summed E-state index contributed by atoms with van der Waals surface area (Å²) in [4.78, 5) is 15.0. The van der Waals surface area contributed by atoms with Crippen LogP contribution in [0.25, 0.3) is 11.3 Å². The van der Waals surface area contributed by atoms with Crippen molar-refractivity contribution in [2.45, 2.75) is 13.8 Å². The van der Waals surface area contributed by atoms with Gasteiger partial charge in [-0.05, 0) is 31.5 Å². The van der Waals surface area contributed by atoms with Gasteiger partial charge in [0.2, 0.25) is 0 Å². The van der Waals surface area contributed by atoms with Crippen LogP contribution in [-0.2, 0) is 0 Å². The topological polar surface area (TPSA) is 32.9 Å². The highest BCUT2D eigenvalue weighted by atomic mass is 35.5. The molecule has 2 rings (SSSR count). The molecule has 4 heteroatoms. The quantitative estimate of drug-likeness (QED) is 0.813. The van der Waals surface area contributed by atoms with Crippen LogP contribution in [0.4, 0.5) is 0 Å². The SMILES string of the molecule is Cc1ccc(Cl)cc1-c1[nH]c(=O)sc1C. The van der Waals surface area contributed by atoms with Crippen molar-refractivity contribution in [2.75, 3.05) is 0 Å². The molecule has 0 unspecified atom stereocenters. The van der Waals surface area contributed by atoms with Crippen LogP contribution in [0.5, 0.6) is 0 Å². The van der Waals surface area contributed by atoms with Gasteiger partial charge < -0.3 is 4.98 Å². The molecule has 0 spiro atoms. The molecule has 2 nitrogen and oxygen atoms in total. The van der Waals surface area contributed by atoms with Crippen LogP contribution in [0, 0.1) is 13.8 Å². The monoisotopic (exact) mass is 239 g/mol. The van der Waals surface area contributed by atoms with Gasteiger partial charge in [-0.2, -0.15) is 0 Å². The minimum Gasteiger partial charge on any atom is -0.312 e. The van der Waals surface area contributed by atoms with Crippen molar-refractivity contribution < 1.29 is 0 Å². The summed E-state index contributed by atoms with van der Waals surface area (Å²) in [5.41, 5.74) is 2.99. The second-order valence-electron chi connectivity index (χ2n) is 3.40. The number of nitrogens with one attached hydrogen (secondary N) is 1. The van der Waals surface area contributed by atoms with Gasteiger partial charge in [-0.3, -0.25) is 4.79 Å². The van der Waals surface area contributed by atoms with Gasteiger partial charge in [0, 0.05) is 15.5 Å². The van der Waals surface area contributed by atoms with E-state index in [1.54, 1.807) is 0 Å². The first kappa shape index (κ1) is 10.5. The second kappa shape index (κ2) is 3.83. The van der Waals surface area contributed by atoms with Crippen LogP contribution < -0.4 is 4.87 Å². The highest BCUT2D eigenvalue weighted by molar-refractivity contribution is 7.09. The molecule has 0 saturated carbocycles. The van der Waals surface area contributed by atoms with Gasteiger partial charge in [0.1, 0.15) is 0 Å². The lowest BCUT2D eigenvalue weighted by atomic mass is 10.1. The number of hydrogen-bond acceptors (Lipinski definition) is 2. The number of H-pyrrole nitrogens is 1. The molecular weight excluding hydrogens is 230 g/mol. The summed E-state index contributed by atoms with van der Waals surface area (Å²) in [6, 6.07) is 5.68. The second-order valence-corrected chi connectivity index (χ2v) is 5.03. The Balaban J connectivity index is 2.68. The van der Waals surface area contributed by atoms with E-state index in [0.29, 0.717) is 5.02 Å². The van der Waals surface area contributed by atoms with Crippen LogP contribution in [0.15, 0.2) is 23.0 Å². The molecule has 15 heavy (non-hydrogen) atoms. The standard InChI is InChI=1S/C11H10ClNOS/c1-6-3-4-8(12)5-9(6)10-7(2)15-11(14)13-10/h3-5H,1-2H3,(H,13,14). The number of aromatic nitrogens is 1. The molecule has 2 aromatic rings. The van der Waals surface area contributed by atoms with Gasteiger partial charge in [0.05, 0.1) is 5.69 Å². The number of hydrogen-bond donors (Lipinski definition) is 1. The molecule has 0 radical (unpaired) electrons. The van der Waals surface area contributed by atoms with E-state index in [1.165, 1.54) is 11.3 Å². The summed E-state index contributed by atoms with van der Waals surface area (Å²) < 4.78 is 0. The number of halogens is 1. The molecule has 1 heterocycles. The van der Waals surface area contributed by atoms with Crippen LogP contribution in [0.3, 0.4) is 0 Å². The maximum atomic E-state index is 11.2. The van der Waals surface area contributed by atoms with E-state index in [1.807, 2.05) is 32.0 Å². The van der Waals surface area contributed by atoms with Crippen molar-refractivity contribution in [2.24, 2.45) is 0 Å². The Bertz CT molecular complexity index is 556. The zero-order valence-electron chi connectivity index (χ0n) is 8.43. The van der Waals surface area contributed by atoms with Crippen molar-refractivity contribution in [3.63, 3.8) is 0 Å². The molecule has 1 aromatic carbocycles. The van der Waals surface area contributed by atoms with Gasteiger partial charge in [0.15, 0.2) is 0 Å². The number of thiazole rings is 1. The Kier molecular flexibility index (Phi) is 2.67. The molecule has 0 bridgehead atoms. The first-order valence-electron chi connectivity index (χ1n) is 4.54. The number of benzene rings is 1. The largest absolute Gasteiger partial charge is 0.312 e. The Morgan fingerprint density at radius 2 is 2.07 bits per heavy atom. The van der Waals surface area contributed by atoms with Gasteiger partial charge >= 0.3 is 4.87 Å². The molecule has 0 aliphatic heterocycles. The smallest absolute Gasteiger partial charge is 0.305 e.